The van der Waals surface area contributed by atoms with E-state index in [0.717, 1.165) is 21.2 Å². The van der Waals surface area contributed by atoms with Crippen LogP contribution in [0, 0.1) is 0 Å². The maximum Gasteiger partial charge on any atom is 0.269 e. The molecule has 10 heteroatoms. The van der Waals surface area contributed by atoms with E-state index in [-0.39, 0.29) is 10.8 Å². The number of hydrogen-bond acceptors (Lipinski definition) is 7. The smallest absolute Gasteiger partial charge is 0.269 e. The van der Waals surface area contributed by atoms with Gasteiger partial charge in [0.05, 0.1) is 27.8 Å². The molecule has 7 nitrogen and oxygen atoms in total. The Morgan fingerprint density at radius 2 is 1.59 bits per heavy atom. The summed E-state index contributed by atoms with van der Waals surface area (Å²) in [6.07, 6.45) is 0. The van der Waals surface area contributed by atoms with Crippen LogP contribution in [0.2, 0.25) is 0 Å². The number of hydrogen-bond donors (Lipinski definition) is 1. The van der Waals surface area contributed by atoms with Gasteiger partial charge in [-0.25, -0.2) is 18.5 Å². The summed E-state index contributed by atoms with van der Waals surface area (Å²) in [7, 11) is -1.84. The van der Waals surface area contributed by atoms with Gasteiger partial charge in [-0.05, 0) is 53.7 Å². The highest BCUT2D eigenvalue weighted by molar-refractivity contribution is 8.19. The van der Waals surface area contributed by atoms with E-state index < -0.39 is 10.0 Å². The van der Waals surface area contributed by atoms with Crippen molar-refractivity contribution in [1.29, 1.82) is 0 Å². The second-order valence-corrected chi connectivity index (χ2v) is 11.2. The van der Waals surface area contributed by atoms with Gasteiger partial charge in [0, 0.05) is 11.9 Å². The molecule has 0 aromatic heterocycles. The van der Waals surface area contributed by atoms with Crippen molar-refractivity contribution in [3.63, 3.8) is 0 Å². The molecule has 0 unspecified atom stereocenters. The first-order chi connectivity index (χ1) is 16.3. The van der Waals surface area contributed by atoms with Crippen LogP contribution in [-0.4, -0.2) is 31.4 Å². The zero-order valence-electron chi connectivity index (χ0n) is 18.1. The lowest BCUT2D eigenvalue weighted by Crippen LogP contribution is -2.29. The highest BCUT2D eigenvalue weighted by Crippen LogP contribution is 2.50. The van der Waals surface area contributed by atoms with Gasteiger partial charge in [-0.1, -0.05) is 54.2 Å². The van der Waals surface area contributed by atoms with Crippen LogP contribution in [0.4, 0.5) is 11.4 Å². The molecule has 5 rings (SSSR count). The number of nitrogens with two attached hydrogens (primary N) is 1. The van der Waals surface area contributed by atoms with Crippen LogP contribution in [0.1, 0.15) is 5.56 Å². The number of benzene rings is 3. The first-order valence-electron chi connectivity index (χ1n) is 10.3. The number of amides is 1. The zero-order valence-corrected chi connectivity index (χ0v) is 20.5. The third kappa shape index (κ3) is 4.37. The van der Waals surface area contributed by atoms with Crippen LogP contribution in [0.5, 0.6) is 0 Å². The molecule has 0 saturated carbocycles. The van der Waals surface area contributed by atoms with E-state index in [1.165, 1.54) is 23.9 Å². The molecule has 2 heterocycles. The van der Waals surface area contributed by atoms with Crippen molar-refractivity contribution in [2.24, 2.45) is 10.1 Å². The summed E-state index contributed by atoms with van der Waals surface area (Å²) in [5, 5.41) is 6.60. The van der Waals surface area contributed by atoms with E-state index in [1.807, 2.05) is 66.5 Å². The highest BCUT2D eigenvalue weighted by atomic mass is 32.2. The quantitative estimate of drug-likeness (QED) is 0.521. The fourth-order valence-electron chi connectivity index (χ4n) is 3.65. The predicted octanol–water partition coefficient (Wildman–Crippen LogP) is 4.51. The summed E-state index contributed by atoms with van der Waals surface area (Å²) < 4.78 is 23.1. The molecule has 1 saturated heterocycles. The number of amidine groups is 1. The number of para-hydroxylation sites is 1. The molecule has 2 aliphatic rings. The van der Waals surface area contributed by atoms with Crippen molar-refractivity contribution in [1.82, 2.24) is 4.90 Å². The number of primary sulfonamides is 1. The molecule has 1 fully saturated rings. The number of fused-ring (bicyclic) bond motifs is 1. The van der Waals surface area contributed by atoms with Crippen LogP contribution in [0.15, 0.2) is 104 Å². The molecule has 34 heavy (non-hydrogen) atoms. The number of nitrogens with zero attached hydrogens (tertiary/aromatic N) is 3. The van der Waals surface area contributed by atoms with E-state index in [1.54, 1.807) is 28.8 Å². The molecule has 0 radical (unpaired) electrons. The molecule has 1 amide bonds. The predicted molar refractivity (Wildman–Crippen MR) is 137 cm³/mol. The maximum atomic E-state index is 13.6. The third-order valence-electron chi connectivity index (χ3n) is 5.37. The number of anilines is 1. The molecule has 3 aromatic carbocycles. The number of rotatable bonds is 4. The monoisotopic (exact) mass is 508 g/mol. The third-order valence-corrected chi connectivity index (χ3v) is 8.73. The topological polar surface area (TPSA) is 96.1 Å². The fraction of sp³-hybridized carbons (Fsp3) is 0.0833. The maximum absolute atomic E-state index is 13.6. The molecule has 2 aliphatic heterocycles. The first-order valence-corrected chi connectivity index (χ1v) is 13.5. The molecule has 3 aromatic rings. The van der Waals surface area contributed by atoms with Crippen molar-refractivity contribution in [3.8, 4) is 0 Å². The minimum Gasteiger partial charge on any atom is -0.337 e. The average Bonchev–Trinajstić information content (AvgIpc) is 3.31. The van der Waals surface area contributed by atoms with Crippen molar-refractivity contribution < 1.29 is 13.2 Å². The van der Waals surface area contributed by atoms with Gasteiger partial charge in [0.1, 0.15) is 4.91 Å². The Balaban J connectivity index is 1.54. The summed E-state index contributed by atoms with van der Waals surface area (Å²) in [6.45, 7) is 0.374. The molecule has 0 bridgehead atoms. The van der Waals surface area contributed by atoms with E-state index in [0.29, 0.717) is 22.3 Å². The van der Waals surface area contributed by atoms with E-state index in [2.05, 4.69) is 0 Å². The van der Waals surface area contributed by atoms with Gasteiger partial charge in [-0.3, -0.25) is 9.69 Å². The van der Waals surface area contributed by atoms with Gasteiger partial charge in [-0.15, -0.1) is 0 Å². The number of carbonyl (C=O) groups is 1. The zero-order chi connectivity index (χ0) is 23.9. The minimum atomic E-state index is -3.79. The number of aliphatic imine (C=N–C) groups is 1. The number of sulfonamides is 1. The van der Waals surface area contributed by atoms with Crippen LogP contribution < -0.4 is 10.0 Å². The summed E-state index contributed by atoms with van der Waals surface area (Å²) in [5.74, 6) is -0.115. The second kappa shape index (κ2) is 8.95. The standard InChI is InChI=1S/C24H20N4O3S3/c1-27-19-9-5-6-10-20(19)32-23(27)21-22(29)28(15-16-7-3-2-4-8-16)24(33-21)26-17-11-13-18(14-12-17)34(25,30)31/h2-14H,15H2,1H3,(H2,25,30,31)/b23-21-,26-24?. The molecular weight excluding hydrogens is 488 g/mol. The summed E-state index contributed by atoms with van der Waals surface area (Å²) >= 11 is 2.89. The Hall–Kier alpha value is -3.05. The highest BCUT2D eigenvalue weighted by Gasteiger charge is 2.39. The van der Waals surface area contributed by atoms with Crippen molar-refractivity contribution >= 4 is 56.0 Å². The van der Waals surface area contributed by atoms with E-state index >= 15 is 0 Å². The Bertz CT molecular complexity index is 1440. The van der Waals surface area contributed by atoms with Crippen molar-refractivity contribution in [2.75, 3.05) is 11.9 Å². The average molecular weight is 509 g/mol. The van der Waals surface area contributed by atoms with Crippen LogP contribution >= 0.6 is 23.5 Å². The van der Waals surface area contributed by atoms with Crippen LogP contribution in [-0.2, 0) is 21.4 Å². The second-order valence-electron chi connectivity index (χ2n) is 7.68. The fourth-order valence-corrected chi connectivity index (χ4v) is 6.50. The van der Waals surface area contributed by atoms with Crippen molar-refractivity contribution in [2.45, 2.75) is 16.3 Å². The number of thioether (sulfide) groups is 2. The molecule has 0 aliphatic carbocycles. The lowest BCUT2D eigenvalue weighted by atomic mass is 10.2. The summed E-state index contributed by atoms with van der Waals surface area (Å²) in [5.41, 5.74) is 2.57. The van der Waals surface area contributed by atoms with E-state index in [4.69, 9.17) is 10.1 Å². The minimum absolute atomic E-state index is 0.0114. The van der Waals surface area contributed by atoms with Gasteiger partial charge in [0.25, 0.3) is 5.91 Å². The van der Waals surface area contributed by atoms with Gasteiger partial charge in [0.15, 0.2) is 5.17 Å². The molecule has 0 spiro atoms. The Morgan fingerprint density at radius 1 is 0.912 bits per heavy atom. The molecular formula is C24H20N4O3S3. The SMILES string of the molecule is CN1/C(=C2/SC(=Nc3ccc(S(N)(=O)=O)cc3)N(Cc3ccccc3)C2=O)Sc2ccccc21. The summed E-state index contributed by atoms with van der Waals surface area (Å²) in [6, 6.07) is 23.7. The summed E-state index contributed by atoms with van der Waals surface area (Å²) in [4.78, 5) is 23.7. The van der Waals surface area contributed by atoms with E-state index in [9.17, 15) is 13.2 Å². The lowest BCUT2D eigenvalue weighted by molar-refractivity contribution is -0.122. The van der Waals surface area contributed by atoms with Gasteiger partial charge < -0.3 is 4.90 Å². The number of carbonyl (C=O) groups excluding carboxylic acids is 1. The Labute approximate surface area is 206 Å². The Kier molecular flexibility index (Phi) is 5.98. The van der Waals surface area contributed by atoms with Crippen LogP contribution in [0.25, 0.3) is 0 Å². The molecule has 0 atom stereocenters. The van der Waals surface area contributed by atoms with Gasteiger partial charge in [0.2, 0.25) is 10.0 Å². The molecule has 2 N–H and O–H groups in total. The van der Waals surface area contributed by atoms with Gasteiger partial charge in [-0.2, -0.15) is 0 Å². The lowest BCUT2D eigenvalue weighted by Gasteiger charge is -2.17. The molecule has 172 valence electrons. The van der Waals surface area contributed by atoms with Gasteiger partial charge >= 0.3 is 0 Å². The first kappa shape index (κ1) is 22.7. The van der Waals surface area contributed by atoms with Crippen LogP contribution in [0.3, 0.4) is 0 Å². The normalized spacial score (nSPS) is 19.2. The van der Waals surface area contributed by atoms with Crippen molar-refractivity contribution in [3.05, 3.63) is 94.4 Å². The largest absolute Gasteiger partial charge is 0.337 e. The Morgan fingerprint density at radius 3 is 2.26 bits per heavy atom.